The maximum Gasteiger partial charge on any atom is 0.0178 e. The van der Waals surface area contributed by atoms with Crippen molar-refractivity contribution < 1.29 is 0 Å². The van der Waals surface area contributed by atoms with E-state index in [0.717, 1.165) is 6.42 Å². The van der Waals surface area contributed by atoms with Gasteiger partial charge < -0.3 is 5.73 Å². The lowest BCUT2D eigenvalue weighted by atomic mass is 10.0. The van der Waals surface area contributed by atoms with E-state index in [1.807, 2.05) is 0 Å². The summed E-state index contributed by atoms with van der Waals surface area (Å²) in [6.45, 7) is 2.83. The van der Waals surface area contributed by atoms with Crippen LogP contribution >= 0.6 is 0 Å². The molecule has 0 spiro atoms. The van der Waals surface area contributed by atoms with Gasteiger partial charge in [0.2, 0.25) is 0 Å². The quantitative estimate of drug-likeness (QED) is 0.806. The van der Waals surface area contributed by atoms with Gasteiger partial charge in [0.15, 0.2) is 0 Å². The van der Waals surface area contributed by atoms with E-state index in [9.17, 15) is 0 Å². The predicted octanol–water partition coefficient (Wildman–Crippen LogP) is 3.25. The molecule has 0 aliphatic heterocycles. The van der Waals surface area contributed by atoms with Crippen LogP contribution in [0.1, 0.15) is 24.5 Å². The fraction of sp³-hybridized carbons (Fsp3) is 0.286. The van der Waals surface area contributed by atoms with Crippen molar-refractivity contribution in [1.82, 2.24) is 0 Å². The Labute approximate surface area is 90.9 Å². The minimum Gasteiger partial charge on any atom is -0.326 e. The molecule has 2 rings (SSSR count). The fourth-order valence-electron chi connectivity index (χ4n) is 1.92. The highest BCUT2D eigenvalue weighted by molar-refractivity contribution is 5.83. The van der Waals surface area contributed by atoms with Gasteiger partial charge in [-0.2, -0.15) is 0 Å². The number of benzene rings is 2. The third kappa shape index (κ3) is 2.18. The van der Waals surface area contributed by atoms with Gasteiger partial charge in [-0.05, 0) is 34.4 Å². The van der Waals surface area contributed by atoms with Gasteiger partial charge in [-0.3, -0.25) is 0 Å². The predicted molar refractivity (Wildman–Crippen MR) is 65.8 cm³/mol. The first-order chi connectivity index (χ1) is 7.33. The molecule has 15 heavy (non-hydrogen) atoms. The molecule has 0 radical (unpaired) electrons. The van der Waals surface area contributed by atoms with E-state index in [2.05, 4.69) is 43.3 Å². The number of nitrogens with two attached hydrogens (primary N) is 1. The molecule has 2 aromatic carbocycles. The molecule has 0 aromatic heterocycles. The van der Waals surface area contributed by atoms with Crippen LogP contribution in [0.25, 0.3) is 10.8 Å². The zero-order chi connectivity index (χ0) is 10.7. The molecule has 2 aromatic rings. The van der Waals surface area contributed by atoms with Crippen LogP contribution in [0.15, 0.2) is 36.4 Å². The topological polar surface area (TPSA) is 26.0 Å². The van der Waals surface area contributed by atoms with Crippen molar-refractivity contribution in [2.75, 3.05) is 0 Å². The minimum atomic E-state index is 0.618. The molecule has 0 amide bonds. The summed E-state index contributed by atoms with van der Waals surface area (Å²) in [4.78, 5) is 0. The molecule has 0 unspecified atom stereocenters. The summed E-state index contributed by atoms with van der Waals surface area (Å²) in [5, 5.41) is 2.61. The third-order valence-electron chi connectivity index (χ3n) is 2.74. The third-order valence-corrected chi connectivity index (χ3v) is 2.74. The van der Waals surface area contributed by atoms with Crippen LogP contribution in [0.3, 0.4) is 0 Å². The molecule has 2 N–H and O–H groups in total. The minimum absolute atomic E-state index is 0.618. The van der Waals surface area contributed by atoms with Crippen molar-refractivity contribution >= 4 is 10.8 Å². The molecule has 0 aliphatic carbocycles. The Hall–Kier alpha value is -1.34. The second-order valence-electron chi connectivity index (χ2n) is 3.97. The van der Waals surface area contributed by atoms with Gasteiger partial charge in [-0.25, -0.2) is 0 Å². The number of aryl methyl sites for hydroxylation is 1. The molecule has 0 fully saturated rings. The lowest BCUT2D eigenvalue weighted by Crippen LogP contribution is -1.95. The van der Waals surface area contributed by atoms with Crippen molar-refractivity contribution in [2.24, 2.45) is 5.73 Å². The van der Waals surface area contributed by atoms with E-state index in [1.165, 1.54) is 28.3 Å². The highest BCUT2D eigenvalue weighted by atomic mass is 14.5. The van der Waals surface area contributed by atoms with Crippen LogP contribution in [-0.4, -0.2) is 0 Å². The van der Waals surface area contributed by atoms with E-state index in [-0.39, 0.29) is 0 Å². The van der Waals surface area contributed by atoms with E-state index >= 15 is 0 Å². The van der Waals surface area contributed by atoms with Gasteiger partial charge >= 0.3 is 0 Å². The molecule has 1 heteroatoms. The number of rotatable bonds is 3. The largest absolute Gasteiger partial charge is 0.326 e. The second-order valence-corrected chi connectivity index (χ2v) is 3.97. The van der Waals surface area contributed by atoms with Crippen LogP contribution in [0.5, 0.6) is 0 Å². The van der Waals surface area contributed by atoms with Gasteiger partial charge in [0.1, 0.15) is 0 Å². The smallest absolute Gasteiger partial charge is 0.0178 e. The molecular formula is C14H17N. The van der Waals surface area contributed by atoms with Gasteiger partial charge in [0.25, 0.3) is 0 Å². The fourth-order valence-corrected chi connectivity index (χ4v) is 1.92. The lowest BCUT2D eigenvalue weighted by Gasteiger charge is -2.04. The number of hydrogen-bond donors (Lipinski definition) is 1. The molecule has 0 saturated carbocycles. The Bertz CT molecular complexity index is 460. The first kappa shape index (κ1) is 10.2. The summed E-state index contributed by atoms with van der Waals surface area (Å²) < 4.78 is 0. The highest BCUT2D eigenvalue weighted by Gasteiger charge is 1.97. The summed E-state index contributed by atoms with van der Waals surface area (Å²) >= 11 is 0. The SMILES string of the molecule is CCCc1ccc2cc(CN)ccc2c1. The first-order valence-electron chi connectivity index (χ1n) is 5.55. The first-order valence-corrected chi connectivity index (χ1v) is 5.55. The molecular weight excluding hydrogens is 182 g/mol. The van der Waals surface area contributed by atoms with Gasteiger partial charge in [-0.1, -0.05) is 43.7 Å². The van der Waals surface area contributed by atoms with Crippen molar-refractivity contribution in [2.45, 2.75) is 26.3 Å². The summed E-state index contributed by atoms with van der Waals surface area (Å²) in [5.41, 5.74) is 8.24. The van der Waals surface area contributed by atoms with Gasteiger partial charge in [0.05, 0.1) is 0 Å². The Kier molecular flexibility index (Phi) is 3.02. The summed E-state index contributed by atoms with van der Waals surface area (Å²) in [5.74, 6) is 0. The van der Waals surface area contributed by atoms with Crippen LogP contribution in [0, 0.1) is 0 Å². The normalized spacial score (nSPS) is 10.8. The average molecular weight is 199 g/mol. The zero-order valence-corrected chi connectivity index (χ0v) is 9.16. The van der Waals surface area contributed by atoms with Crippen molar-refractivity contribution in [3.05, 3.63) is 47.5 Å². The summed E-state index contributed by atoms with van der Waals surface area (Å²) in [6, 6.07) is 13.1. The standard InChI is InChI=1S/C14H17N/c1-2-3-11-4-6-14-9-12(10-15)5-7-13(14)8-11/h4-9H,2-3,10,15H2,1H3. The van der Waals surface area contributed by atoms with Crippen LogP contribution in [0.4, 0.5) is 0 Å². The molecule has 0 atom stereocenters. The van der Waals surface area contributed by atoms with Crippen LogP contribution in [0.2, 0.25) is 0 Å². The Morgan fingerprint density at radius 2 is 1.53 bits per heavy atom. The van der Waals surface area contributed by atoms with E-state index in [0.29, 0.717) is 6.54 Å². The van der Waals surface area contributed by atoms with E-state index in [4.69, 9.17) is 5.73 Å². The second kappa shape index (κ2) is 4.45. The Morgan fingerprint density at radius 1 is 0.933 bits per heavy atom. The highest BCUT2D eigenvalue weighted by Crippen LogP contribution is 2.18. The van der Waals surface area contributed by atoms with Crippen molar-refractivity contribution in [1.29, 1.82) is 0 Å². The average Bonchev–Trinajstić information content (AvgIpc) is 2.29. The monoisotopic (exact) mass is 199 g/mol. The van der Waals surface area contributed by atoms with Crippen molar-refractivity contribution in [3.63, 3.8) is 0 Å². The summed E-state index contributed by atoms with van der Waals surface area (Å²) in [6.07, 6.45) is 2.36. The lowest BCUT2D eigenvalue weighted by molar-refractivity contribution is 0.923. The number of fused-ring (bicyclic) bond motifs is 1. The van der Waals surface area contributed by atoms with Crippen LogP contribution < -0.4 is 5.73 Å². The van der Waals surface area contributed by atoms with E-state index < -0.39 is 0 Å². The summed E-state index contributed by atoms with van der Waals surface area (Å²) in [7, 11) is 0. The molecule has 78 valence electrons. The Morgan fingerprint density at radius 3 is 2.13 bits per heavy atom. The van der Waals surface area contributed by atoms with E-state index in [1.54, 1.807) is 0 Å². The molecule has 1 nitrogen and oxygen atoms in total. The van der Waals surface area contributed by atoms with Crippen molar-refractivity contribution in [3.8, 4) is 0 Å². The number of hydrogen-bond acceptors (Lipinski definition) is 1. The molecule has 0 aliphatic rings. The van der Waals surface area contributed by atoms with Gasteiger partial charge in [0, 0.05) is 6.54 Å². The maximum atomic E-state index is 5.62. The molecule has 0 bridgehead atoms. The molecule has 0 saturated heterocycles. The maximum absolute atomic E-state index is 5.62. The Balaban J connectivity index is 2.45. The van der Waals surface area contributed by atoms with Crippen LogP contribution in [-0.2, 0) is 13.0 Å². The molecule has 0 heterocycles. The zero-order valence-electron chi connectivity index (χ0n) is 9.16. The van der Waals surface area contributed by atoms with Gasteiger partial charge in [-0.15, -0.1) is 0 Å².